The van der Waals surface area contributed by atoms with Crippen molar-refractivity contribution in [3.8, 4) is 0 Å². The smallest absolute Gasteiger partial charge is 0.0459 e. The number of nitrogens with zero attached hydrogens (tertiary/aromatic N) is 1. The highest BCUT2D eigenvalue weighted by molar-refractivity contribution is 5.84. The van der Waals surface area contributed by atoms with Crippen molar-refractivity contribution in [1.29, 1.82) is 0 Å². The van der Waals surface area contributed by atoms with Gasteiger partial charge in [-0.25, -0.2) is 0 Å². The number of fused-ring (bicyclic) bond motifs is 1. The third-order valence-corrected chi connectivity index (χ3v) is 4.58. The molecule has 1 unspecified atom stereocenters. The molecule has 3 nitrogen and oxygen atoms in total. The third-order valence-electron chi connectivity index (χ3n) is 4.58. The number of H-pyrrole nitrogens is 1. The van der Waals surface area contributed by atoms with Crippen molar-refractivity contribution in [1.82, 2.24) is 15.2 Å². The molecule has 0 bridgehead atoms. The van der Waals surface area contributed by atoms with E-state index in [0.29, 0.717) is 6.04 Å². The Morgan fingerprint density at radius 2 is 2.15 bits per heavy atom. The number of aromatic nitrogens is 1. The first-order valence-electron chi connectivity index (χ1n) is 7.80. The van der Waals surface area contributed by atoms with Crippen molar-refractivity contribution in [2.45, 2.75) is 39.3 Å². The van der Waals surface area contributed by atoms with Crippen LogP contribution in [0, 0.1) is 6.92 Å². The molecular weight excluding hydrogens is 246 g/mol. The van der Waals surface area contributed by atoms with Crippen LogP contribution >= 0.6 is 0 Å². The summed E-state index contributed by atoms with van der Waals surface area (Å²) in [6.07, 6.45) is 2.62. The van der Waals surface area contributed by atoms with E-state index >= 15 is 0 Å². The first-order chi connectivity index (χ1) is 9.79. The highest BCUT2D eigenvalue weighted by Crippen LogP contribution is 2.24. The van der Waals surface area contributed by atoms with Crippen molar-refractivity contribution < 1.29 is 0 Å². The zero-order valence-corrected chi connectivity index (χ0v) is 12.6. The van der Waals surface area contributed by atoms with E-state index in [1.54, 1.807) is 0 Å². The highest BCUT2D eigenvalue weighted by Gasteiger charge is 2.21. The van der Waals surface area contributed by atoms with E-state index in [1.807, 2.05) is 0 Å². The normalized spacial score (nSPS) is 19.9. The predicted octanol–water partition coefficient (Wildman–Crippen LogP) is 3.05. The van der Waals surface area contributed by atoms with Gasteiger partial charge in [-0.15, -0.1) is 0 Å². The van der Waals surface area contributed by atoms with E-state index in [0.717, 1.165) is 19.6 Å². The van der Waals surface area contributed by atoms with Crippen molar-refractivity contribution in [2.24, 2.45) is 0 Å². The van der Waals surface area contributed by atoms with Crippen molar-refractivity contribution >= 4 is 10.9 Å². The maximum Gasteiger partial charge on any atom is 0.0459 e. The van der Waals surface area contributed by atoms with Crippen LogP contribution in [0.5, 0.6) is 0 Å². The summed E-state index contributed by atoms with van der Waals surface area (Å²) in [4.78, 5) is 6.14. The third kappa shape index (κ3) is 2.60. The number of rotatable bonds is 4. The van der Waals surface area contributed by atoms with Crippen LogP contribution in [0.2, 0.25) is 0 Å². The largest absolute Gasteiger partial charge is 0.358 e. The summed E-state index contributed by atoms with van der Waals surface area (Å²) in [5, 5.41) is 4.91. The lowest BCUT2D eigenvalue weighted by atomic mass is 10.0. The topological polar surface area (TPSA) is 31.1 Å². The van der Waals surface area contributed by atoms with Gasteiger partial charge in [-0.2, -0.15) is 0 Å². The average molecular weight is 271 g/mol. The maximum absolute atomic E-state index is 3.53. The standard InChI is InChI=1S/C17H25N3/c1-3-20(14-7-6-10-18-11-14)12-16-13(2)19-17-9-5-4-8-15(16)17/h4-5,8-9,14,18-19H,3,6-7,10-12H2,1-2H3. The lowest BCUT2D eigenvalue weighted by molar-refractivity contribution is 0.166. The van der Waals surface area contributed by atoms with Gasteiger partial charge in [0.2, 0.25) is 0 Å². The number of nitrogens with one attached hydrogen (secondary N) is 2. The van der Waals surface area contributed by atoms with Gasteiger partial charge >= 0.3 is 0 Å². The quantitative estimate of drug-likeness (QED) is 0.895. The molecule has 0 aliphatic carbocycles. The molecule has 1 aliphatic rings. The van der Waals surface area contributed by atoms with Crippen LogP contribution in [-0.4, -0.2) is 35.6 Å². The minimum atomic E-state index is 0.682. The minimum absolute atomic E-state index is 0.682. The molecule has 1 saturated heterocycles. The summed E-state index contributed by atoms with van der Waals surface area (Å²) in [6, 6.07) is 9.33. The Balaban J connectivity index is 1.85. The molecule has 1 aromatic heterocycles. The Morgan fingerprint density at radius 1 is 1.30 bits per heavy atom. The zero-order chi connectivity index (χ0) is 13.9. The highest BCUT2D eigenvalue weighted by atomic mass is 15.2. The summed E-state index contributed by atoms with van der Waals surface area (Å²) < 4.78 is 0. The molecule has 0 saturated carbocycles. The molecular formula is C17H25N3. The first kappa shape index (κ1) is 13.7. The van der Waals surface area contributed by atoms with E-state index in [-0.39, 0.29) is 0 Å². The Kier molecular flexibility index (Phi) is 4.08. The lowest BCUT2D eigenvalue weighted by Gasteiger charge is -2.34. The molecule has 1 atom stereocenters. The monoisotopic (exact) mass is 271 g/mol. The van der Waals surface area contributed by atoms with Crippen LogP contribution in [0.4, 0.5) is 0 Å². The fraction of sp³-hybridized carbons (Fsp3) is 0.529. The number of piperidine rings is 1. The van der Waals surface area contributed by atoms with Gasteiger partial charge in [0.1, 0.15) is 0 Å². The Labute approximate surface area is 121 Å². The number of para-hydroxylation sites is 1. The van der Waals surface area contributed by atoms with Crippen LogP contribution in [0.1, 0.15) is 31.0 Å². The van der Waals surface area contributed by atoms with Crippen LogP contribution in [0.3, 0.4) is 0 Å². The van der Waals surface area contributed by atoms with Crippen LogP contribution in [0.15, 0.2) is 24.3 Å². The molecule has 3 heteroatoms. The molecule has 0 spiro atoms. The molecule has 3 rings (SSSR count). The number of aromatic amines is 1. The maximum atomic E-state index is 3.53. The van der Waals surface area contributed by atoms with Gasteiger partial charge in [-0.3, -0.25) is 4.90 Å². The number of aryl methyl sites for hydroxylation is 1. The van der Waals surface area contributed by atoms with Crippen molar-refractivity contribution in [3.05, 3.63) is 35.5 Å². The molecule has 2 aromatic rings. The molecule has 2 N–H and O–H groups in total. The molecule has 1 fully saturated rings. The summed E-state index contributed by atoms with van der Waals surface area (Å²) in [6.45, 7) is 8.96. The van der Waals surface area contributed by atoms with Gasteiger partial charge in [-0.1, -0.05) is 25.1 Å². The van der Waals surface area contributed by atoms with Crippen LogP contribution in [-0.2, 0) is 6.54 Å². The zero-order valence-electron chi connectivity index (χ0n) is 12.6. The Hall–Kier alpha value is -1.32. The first-order valence-corrected chi connectivity index (χ1v) is 7.80. The second-order valence-electron chi connectivity index (χ2n) is 5.84. The molecule has 0 radical (unpaired) electrons. The molecule has 0 amide bonds. The fourth-order valence-electron chi connectivity index (χ4n) is 3.39. The Bertz CT molecular complexity index is 567. The lowest BCUT2D eigenvalue weighted by Crippen LogP contribution is -2.45. The van der Waals surface area contributed by atoms with Crippen LogP contribution in [0.25, 0.3) is 10.9 Å². The summed E-state index contributed by atoms with van der Waals surface area (Å²) >= 11 is 0. The van der Waals surface area contributed by atoms with Gasteiger partial charge in [0, 0.05) is 35.7 Å². The van der Waals surface area contributed by atoms with E-state index in [1.165, 1.54) is 41.5 Å². The number of likely N-dealkylation sites (N-methyl/N-ethyl adjacent to an activating group) is 1. The van der Waals surface area contributed by atoms with Gasteiger partial charge in [0.25, 0.3) is 0 Å². The van der Waals surface area contributed by atoms with Gasteiger partial charge in [0.15, 0.2) is 0 Å². The van der Waals surface area contributed by atoms with Crippen molar-refractivity contribution in [3.63, 3.8) is 0 Å². The number of benzene rings is 1. The summed E-state index contributed by atoms with van der Waals surface area (Å²) in [5.41, 5.74) is 4.04. The second-order valence-corrected chi connectivity index (χ2v) is 5.84. The molecule has 1 aliphatic heterocycles. The van der Waals surface area contributed by atoms with E-state index < -0.39 is 0 Å². The number of hydrogen-bond acceptors (Lipinski definition) is 2. The minimum Gasteiger partial charge on any atom is -0.358 e. The molecule has 108 valence electrons. The molecule has 2 heterocycles. The number of hydrogen-bond donors (Lipinski definition) is 2. The SMILES string of the molecule is CCN(Cc1c(C)[nH]c2ccccc12)C1CCCNC1. The van der Waals surface area contributed by atoms with Crippen molar-refractivity contribution in [2.75, 3.05) is 19.6 Å². The van der Waals surface area contributed by atoms with Gasteiger partial charge < -0.3 is 10.3 Å². The predicted molar refractivity (Wildman–Crippen MR) is 85.0 cm³/mol. The van der Waals surface area contributed by atoms with E-state index in [9.17, 15) is 0 Å². The van der Waals surface area contributed by atoms with Gasteiger partial charge in [0.05, 0.1) is 0 Å². The Morgan fingerprint density at radius 3 is 2.90 bits per heavy atom. The van der Waals surface area contributed by atoms with Gasteiger partial charge in [-0.05, 0) is 44.5 Å². The van der Waals surface area contributed by atoms with Crippen LogP contribution < -0.4 is 5.32 Å². The summed E-state index contributed by atoms with van der Waals surface area (Å²) in [5.74, 6) is 0. The molecule has 1 aromatic carbocycles. The second kappa shape index (κ2) is 5.98. The van der Waals surface area contributed by atoms with E-state index in [2.05, 4.69) is 53.3 Å². The van der Waals surface area contributed by atoms with E-state index in [4.69, 9.17) is 0 Å². The molecule has 20 heavy (non-hydrogen) atoms. The summed E-state index contributed by atoms with van der Waals surface area (Å²) in [7, 11) is 0. The average Bonchev–Trinajstić information content (AvgIpc) is 2.81. The fourth-order valence-corrected chi connectivity index (χ4v) is 3.39.